The van der Waals surface area contributed by atoms with Gasteiger partial charge in [-0.15, -0.1) is 0 Å². The second-order valence-corrected chi connectivity index (χ2v) is 5.99. The van der Waals surface area contributed by atoms with Crippen molar-refractivity contribution in [1.82, 2.24) is 10.2 Å². The predicted molar refractivity (Wildman–Crippen MR) is 76.0 cm³/mol. The van der Waals surface area contributed by atoms with Crippen LogP contribution in [0.25, 0.3) is 0 Å². The number of carbonyl (C=O) groups excluding carboxylic acids is 1. The van der Waals surface area contributed by atoms with Crippen molar-refractivity contribution in [2.24, 2.45) is 5.92 Å². The quantitative estimate of drug-likeness (QED) is 0.845. The molecular weight excluding hydrogens is 240 g/mol. The first-order chi connectivity index (χ1) is 9.24. The molecule has 1 aliphatic heterocycles. The molecule has 2 aliphatic rings. The van der Waals surface area contributed by atoms with Gasteiger partial charge in [0.2, 0.25) is 5.91 Å². The lowest BCUT2D eigenvalue weighted by atomic mass is 9.87. The highest BCUT2D eigenvalue weighted by Gasteiger charge is 2.33. The van der Waals surface area contributed by atoms with Crippen LogP contribution < -0.4 is 5.32 Å². The molecule has 2 rings (SSSR count). The van der Waals surface area contributed by atoms with Gasteiger partial charge < -0.3 is 10.1 Å². The molecule has 1 heterocycles. The van der Waals surface area contributed by atoms with E-state index in [0.717, 1.165) is 25.6 Å². The molecule has 0 aromatic heterocycles. The number of amides is 1. The molecule has 2 atom stereocenters. The summed E-state index contributed by atoms with van der Waals surface area (Å²) in [7, 11) is 3.49. The van der Waals surface area contributed by atoms with Crippen molar-refractivity contribution < 1.29 is 9.53 Å². The molecule has 0 aromatic carbocycles. The van der Waals surface area contributed by atoms with Crippen LogP contribution in [-0.2, 0) is 9.53 Å². The summed E-state index contributed by atoms with van der Waals surface area (Å²) < 4.78 is 5.58. The van der Waals surface area contributed by atoms with E-state index in [4.69, 9.17) is 4.74 Å². The molecule has 1 amide bonds. The number of hydrogen-bond acceptors (Lipinski definition) is 3. The van der Waals surface area contributed by atoms with Crippen molar-refractivity contribution in [2.45, 2.75) is 57.1 Å². The van der Waals surface area contributed by atoms with Crippen LogP contribution in [0.4, 0.5) is 0 Å². The molecule has 0 spiro atoms. The Morgan fingerprint density at radius 3 is 2.63 bits per heavy atom. The van der Waals surface area contributed by atoms with Gasteiger partial charge in [0.25, 0.3) is 0 Å². The summed E-state index contributed by atoms with van der Waals surface area (Å²) in [4.78, 5) is 14.3. The van der Waals surface area contributed by atoms with E-state index >= 15 is 0 Å². The van der Waals surface area contributed by atoms with E-state index in [9.17, 15) is 4.79 Å². The Bertz CT molecular complexity index is 290. The Kier molecular flexibility index (Phi) is 5.64. The molecule has 1 saturated carbocycles. The van der Waals surface area contributed by atoms with Crippen LogP contribution in [0.3, 0.4) is 0 Å². The average Bonchev–Trinajstić information content (AvgIpc) is 2.48. The molecule has 1 aliphatic carbocycles. The van der Waals surface area contributed by atoms with Crippen LogP contribution in [-0.4, -0.2) is 50.2 Å². The van der Waals surface area contributed by atoms with E-state index in [2.05, 4.69) is 10.2 Å². The lowest BCUT2D eigenvalue weighted by Gasteiger charge is -2.42. The fraction of sp³-hybridized carbons (Fsp3) is 0.933. The number of nitrogens with zero attached hydrogens (tertiary/aromatic N) is 1. The summed E-state index contributed by atoms with van der Waals surface area (Å²) in [5, 5.41) is 2.74. The first-order valence-corrected chi connectivity index (χ1v) is 7.72. The molecular formula is C15H28N2O2. The van der Waals surface area contributed by atoms with E-state index in [0.29, 0.717) is 12.3 Å². The maximum atomic E-state index is 11.6. The van der Waals surface area contributed by atoms with Gasteiger partial charge in [-0.05, 0) is 19.3 Å². The fourth-order valence-electron chi connectivity index (χ4n) is 3.66. The van der Waals surface area contributed by atoms with Crippen LogP contribution in [0.1, 0.15) is 44.9 Å². The molecule has 0 aromatic rings. The van der Waals surface area contributed by atoms with Gasteiger partial charge in [-0.2, -0.15) is 0 Å². The largest absolute Gasteiger partial charge is 0.381 e. The zero-order valence-corrected chi connectivity index (χ0v) is 12.4. The summed E-state index contributed by atoms with van der Waals surface area (Å²) >= 11 is 0. The molecule has 0 bridgehead atoms. The maximum Gasteiger partial charge on any atom is 0.220 e. The molecule has 110 valence electrons. The van der Waals surface area contributed by atoms with E-state index < -0.39 is 0 Å². The number of methoxy groups -OCH3 is 1. The van der Waals surface area contributed by atoms with E-state index in [1.807, 2.05) is 0 Å². The van der Waals surface area contributed by atoms with Gasteiger partial charge in [0.15, 0.2) is 0 Å². The number of likely N-dealkylation sites (tertiary alicyclic amines) is 1. The fourth-order valence-corrected chi connectivity index (χ4v) is 3.66. The van der Waals surface area contributed by atoms with Crippen LogP contribution in [0.15, 0.2) is 0 Å². The minimum atomic E-state index is 0.137. The molecule has 4 nitrogen and oxygen atoms in total. The Hall–Kier alpha value is -0.610. The van der Waals surface area contributed by atoms with E-state index in [1.54, 1.807) is 14.2 Å². The van der Waals surface area contributed by atoms with Crippen LogP contribution in [0.2, 0.25) is 0 Å². The molecule has 4 heteroatoms. The summed E-state index contributed by atoms with van der Waals surface area (Å²) in [5.74, 6) is 0.484. The molecule has 2 fully saturated rings. The molecule has 0 unspecified atom stereocenters. The number of nitrogens with one attached hydrogen (secondary N) is 1. The zero-order valence-electron chi connectivity index (χ0n) is 12.4. The maximum absolute atomic E-state index is 11.6. The molecule has 1 N–H and O–H groups in total. The Balaban J connectivity index is 1.92. The average molecular weight is 268 g/mol. The van der Waals surface area contributed by atoms with Gasteiger partial charge in [-0.3, -0.25) is 9.69 Å². The van der Waals surface area contributed by atoms with E-state index in [-0.39, 0.29) is 12.0 Å². The van der Waals surface area contributed by atoms with Crippen molar-refractivity contribution in [1.29, 1.82) is 0 Å². The number of rotatable bonds is 4. The summed E-state index contributed by atoms with van der Waals surface area (Å²) in [5.41, 5.74) is 0. The summed E-state index contributed by atoms with van der Waals surface area (Å²) in [6.45, 7) is 2.16. The summed E-state index contributed by atoms with van der Waals surface area (Å²) in [6, 6.07) is 0.749. The third kappa shape index (κ3) is 3.93. The summed E-state index contributed by atoms with van der Waals surface area (Å²) in [6.07, 6.45) is 8.72. The highest BCUT2D eigenvalue weighted by Crippen LogP contribution is 2.29. The number of carbonyl (C=O) groups is 1. The van der Waals surface area contributed by atoms with Crippen LogP contribution in [0, 0.1) is 5.92 Å². The minimum Gasteiger partial charge on any atom is -0.381 e. The molecule has 0 radical (unpaired) electrons. The van der Waals surface area contributed by atoms with Gasteiger partial charge >= 0.3 is 0 Å². The second-order valence-electron chi connectivity index (χ2n) is 5.99. The molecule has 1 saturated heterocycles. The number of hydrogen-bond donors (Lipinski definition) is 1. The van der Waals surface area contributed by atoms with Crippen LogP contribution in [0.5, 0.6) is 0 Å². The smallest absolute Gasteiger partial charge is 0.220 e. The molecule has 19 heavy (non-hydrogen) atoms. The lowest BCUT2D eigenvalue weighted by molar-refractivity contribution is -0.124. The van der Waals surface area contributed by atoms with Gasteiger partial charge in [0, 0.05) is 45.6 Å². The number of ether oxygens (including phenoxy) is 1. The van der Waals surface area contributed by atoms with Gasteiger partial charge in [-0.25, -0.2) is 0 Å². The third-order valence-corrected chi connectivity index (χ3v) is 4.82. The highest BCUT2D eigenvalue weighted by molar-refractivity contribution is 5.75. The SMILES string of the molecule is CNC(=O)C[C@@H]1CN(C2CCCCC2)CC[C@H]1OC. The predicted octanol–water partition coefficient (Wildman–Crippen LogP) is 1.79. The van der Waals surface area contributed by atoms with Gasteiger partial charge in [-0.1, -0.05) is 19.3 Å². The monoisotopic (exact) mass is 268 g/mol. The van der Waals surface area contributed by atoms with Gasteiger partial charge in [0.05, 0.1) is 6.10 Å². The van der Waals surface area contributed by atoms with Crippen molar-refractivity contribution in [3.05, 3.63) is 0 Å². The van der Waals surface area contributed by atoms with Crippen molar-refractivity contribution in [3.63, 3.8) is 0 Å². The zero-order chi connectivity index (χ0) is 13.7. The normalized spacial score (nSPS) is 30.2. The Morgan fingerprint density at radius 2 is 2.00 bits per heavy atom. The standard InChI is InChI=1S/C15H28N2O2/c1-16-15(18)10-12-11-17(9-8-14(12)19-2)13-6-4-3-5-7-13/h12-14H,3-11H2,1-2H3,(H,16,18)/t12-,14-/m1/s1. The van der Waals surface area contributed by atoms with Crippen molar-refractivity contribution >= 4 is 5.91 Å². The van der Waals surface area contributed by atoms with Crippen LogP contribution >= 0.6 is 0 Å². The number of piperidine rings is 1. The highest BCUT2D eigenvalue weighted by atomic mass is 16.5. The lowest BCUT2D eigenvalue weighted by Crippen LogP contribution is -2.49. The third-order valence-electron chi connectivity index (χ3n) is 4.82. The minimum absolute atomic E-state index is 0.137. The van der Waals surface area contributed by atoms with Crippen molar-refractivity contribution in [3.8, 4) is 0 Å². The first-order valence-electron chi connectivity index (χ1n) is 7.72. The second kappa shape index (κ2) is 7.25. The van der Waals surface area contributed by atoms with Crippen molar-refractivity contribution in [2.75, 3.05) is 27.2 Å². The van der Waals surface area contributed by atoms with Gasteiger partial charge in [0.1, 0.15) is 0 Å². The first kappa shape index (κ1) is 14.8. The Morgan fingerprint density at radius 1 is 1.26 bits per heavy atom. The topological polar surface area (TPSA) is 41.6 Å². The van der Waals surface area contributed by atoms with E-state index in [1.165, 1.54) is 32.1 Å². The Labute approximate surface area is 116 Å².